The molecule has 0 atom stereocenters. The Hall–Kier alpha value is -1.72. The highest BCUT2D eigenvalue weighted by Gasteiger charge is 2.20. The van der Waals surface area contributed by atoms with Gasteiger partial charge in [0.2, 0.25) is 0 Å². The molecule has 1 heterocycles. The summed E-state index contributed by atoms with van der Waals surface area (Å²) in [6.45, 7) is 0. The summed E-state index contributed by atoms with van der Waals surface area (Å²) < 4.78 is 0.969. The van der Waals surface area contributed by atoms with E-state index in [9.17, 15) is 4.79 Å². The van der Waals surface area contributed by atoms with Gasteiger partial charge in [-0.3, -0.25) is 4.79 Å². The van der Waals surface area contributed by atoms with Gasteiger partial charge in [0.15, 0.2) is 0 Å². The average Bonchev–Trinajstić information content (AvgIpc) is 2.49. The summed E-state index contributed by atoms with van der Waals surface area (Å²) in [4.78, 5) is 13.1. The van der Waals surface area contributed by atoms with Crippen molar-refractivity contribution >= 4 is 44.9 Å². The van der Waals surface area contributed by atoms with Crippen molar-refractivity contribution in [3.8, 4) is 0 Å². The molecule has 3 rings (SSSR count). The number of carbonyl (C=O) groups is 1. The van der Waals surface area contributed by atoms with Crippen molar-refractivity contribution in [2.24, 2.45) is 5.73 Å². The first-order valence-electron chi connectivity index (χ1n) is 6.43. The number of benzene rings is 2. The average molecular weight is 361 g/mol. The number of carbonyl (C=O) groups excluding carboxylic acids is 1. The van der Waals surface area contributed by atoms with E-state index in [1.54, 1.807) is 11.8 Å². The molecule has 1 amide bonds. The minimum Gasteiger partial charge on any atom is -0.366 e. The lowest BCUT2D eigenvalue weighted by Crippen LogP contribution is -2.20. The van der Waals surface area contributed by atoms with E-state index in [1.807, 2.05) is 42.5 Å². The van der Waals surface area contributed by atoms with Crippen molar-refractivity contribution in [2.45, 2.75) is 4.90 Å². The Morgan fingerprint density at radius 2 is 1.86 bits per heavy atom. The molecule has 0 saturated heterocycles. The van der Waals surface area contributed by atoms with Crippen molar-refractivity contribution in [3.05, 3.63) is 64.3 Å². The topological polar surface area (TPSA) is 55.1 Å². The third-order valence-corrected chi connectivity index (χ3v) is 4.85. The number of amides is 1. The molecule has 1 aliphatic rings. The zero-order valence-electron chi connectivity index (χ0n) is 11.1. The SMILES string of the molecule is NC(=O)C(=C1CSc2ccccc2N1)c1ccc(Br)cc1. The molecule has 0 aromatic heterocycles. The number of nitrogens with one attached hydrogen (secondary N) is 1. The van der Waals surface area contributed by atoms with Crippen LogP contribution in [0.1, 0.15) is 5.56 Å². The van der Waals surface area contributed by atoms with Crippen LogP contribution < -0.4 is 11.1 Å². The highest BCUT2D eigenvalue weighted by Crippen LogP contribution is 2.36. The van der Waals surface area contributed by atoms with Gasteiger partial charge >= 0.3 is 0 Å². The lowest BCUT2D eigenvalue weighted by molar-refractivity contribution is -0.112. The highest BCUT2D eigenvalue weighted by molar-refractivity contribution is 9.10. The molecule has 21 heavy (non-hydrogen) atoms. The molecule has 2 aromatic carbocycles. The lowest BCUT2D eigenvalue weighted by atomic mass is 10.0. The number of halogens is 1. The Morgan fingerprint density at radius 3 is 2.57 bits per heavy atom. The van der Waals surface area contributed by atoms with Gasteiger partial charge in [-0.15, -0.1) is 11.8 Å². The number of para-hydroxylation sites is 1. The second kappa shape index (κ2) is 5.95. The largest absolute Gasteiger partial charge is 0.366 e. The maximum absolute atomic E-state index is 11.9. The molecule has 0 saturated carbocycles. The van der Waals surface area contributed by atoms with Crippen molar-refractivity contribution < 1.29 is 4.79 Å². The van der Waals surface area contributed by atoms with Crippen LogP contribution >= 0.6 is 27.7 Å². The minimum atomic E-state index is -0.417. The highest BCUT2D eigenvalue weighted by atomic mass is 79.9. The first kappa shape index (κ1) is 14.2. The molecule has 3 N–H and O–H groups in total. The van der Waals surface area contributed by atoms with E-state index in [4.69, 9.17) is 5.73 Å². The maximum atomic E-state index is 11.9. The standard InChI is InChI=1S/C16H13BrN2OS/c17-11-7-5-10(6-8-11)15(16(18)20)13-9-21-14-4-2-1-3-12(14)19-13/h1-8,19H,9H2,(H2,18,20). The second-order valence-electron chi connectivity index (χ2n) is 4.63. The summed E-state index contributed by atoms with van der Waals surface area (Å²) >= 11 is 5.10. The number of rotatable bonds is 2. The minimum absolute atomic E-state index is 0.417. The van der Waals surface area contributed by atoms with E-state index in [1.165, 1.54) is 4.90 Å². The van der Waals surface area contributed by atoms with E-state index >= 15 is 0 Å². The summed E-state index contributed by atoms with van der Waals surface area (Å²) in [7, 11) is 0. The Morgan fingerprint density at radius 1 is 1.14 bits per heavy atom. The van der Waals surface area contributed by atoms with Crippen LogP contribution in [0.15, 0.2) is 63.6 Å². The van der Waals surface area contributed by atoms with Crippen molar-refractivity contribution in [1.29, 1.82) is 0 Å². The number of hydrogen-bond donors (Lipinski definition) is 2. The van der Waals surface area contributed by atoms with Crippen molar-refractivity contribution in [1.82, 2.24) is 0 Å². The molecular formula is C16H13BrN2OS. The molecule has 0 unspecified atom stereocenters. The molecule has 106 valence electrons. The molecule has 5 heteroatoms. The van der Waals surface area contributed by atoms with E-state index in [0.29, 0.717) is 11.3 Å². The van der Waals surface area contributed by atoms with E-state index in [0.717, 1.165) is 21.4 Å². The lowest BCUT2D eigenvalue weighted by Gasteiger charge is -2.22. The van der Waals surface area contributed by atoms with Crippen LogP contribution in [0.4, 0.5) is 5.69 Å². The van der Waals surface area contributed by atoms with Gasteiger partial charge in [-0.2, -0.15) is 0 Å². The zero-order chi connectivity index (χ0) is 14.8. The third kappa shape index (κ3) is 2.99. The van der Waals surface area contributed by atoms with Crippen LogP contribution in [-0.2, 0) is 4.79 Å². The van der Waals surface area contributed by atoms with Crippen molar-refractivity contribution in [3.63, 3.8) is 0 Å². The fourth-order valence-corrected chi connectivity index (χ4v) is 3.49. The number of anilines is 1. The van der Waals surface area contributed by atoms with Crippen LogP contribution in [0, 0.1) is 0 Å². The number of hydrogen-bond acceptors (Lipinski definition) is 3. The number of fused-ring (bicyclic) bond motifs is 1. The van der Waals surface area contributed by atoms with E-state index in [-0.39, 0.29) is 0 Å². The first-order valence-corrected chi connectivity index (χ1v) is 8.21. The zero-order valence-corrected chi connectivity index (χ0v) is 13.5. The number of thioether (sulfide) groups is 1. The van der Waals surface area contributed by atoms with Crippen molar-refractivity contribution in [2.75, 3.05) is 11.1 Å². The van der Waals surface area contributed by atoms with Crippen LogP contribution in [0.25, 0.3) is 5.57 Å². The quantitative estimate of drug-likeness (QED) is 0.799. The van der Waals surface area contributed by atoms with Gasteiger partial charge in [0.25, 0.3) is 5.91 Å². The molecule has 0 aliphatic carbocycles. The molecule has 0 bridgehead atoms. The molecule has 2 aromatic rings. The van der Waals surface area contributed by atoms with Gasteiger partial charge in [0, 0.05) is 20.8 Å². The number of nitrogens with two attached hydrogens (primary N) is 1. The van der Waals surface area contributed by atoms with E-state index in [2.05, 4.69) is 27.3 Å². The summed E-state index contributed by atoms with van der Waals surface area (Å²) in [5.41, 5.74) is 8.84. The smallest absolute Gasteiger partial charge is 0.251 e. The summed E-state index contributed by atoms with van der Waals surface area (Å²) in [6, 6.07) is 15.6. The maximum Gasteiger partial charge on any atom is 0.251 e. The van der Waals surface area contributed by atoms with Crippen LogP contribution in [0.2, 0.25) is 0 Å². The number of primary amides is 1. The summed E-state index contributed by atoms with van der Waals surface area (Å²) in [5.74, 6) is 0.283. The van der Waals surface area contributed by atoms with Gasteiger partial charge < -0.3 is 11.1 Å². The van der Waals surface area contributed by atoms with Crippen LogP contribution in [0.5, 0.6) is 0 Å². The fourth-order valence-electron chi connectivity index (χ4n) is 2.26. The van der Waals surface area contributed by atoms with Gasteiger partial charge in [0.05, 0.1) is 11.3 Å². The van der Waals surface area contributed by atoms with Crippen LogP contribution in [0.3, 0.4) is 0 Å². The summed E-state index contributed by atoms with van der Waals surface area (Å²) in [6.07, 6.45) is 0. The van der Waals surface area contributed by atoms with E-state index < -0.39 is 5.91 Å². The molecule has 0 radical (unpaired) electrons. The Balaban J connectivity index is 2.05. The monoisotopic (exact) mass is 360 g/mol. The Labute approximate surface area is 135 Å². The third-order valence-electron chi connectivity index (χ3n) is 3.23. The molecule has 0 spiro atoms. The summed E-state index contributed by atoms with van der Waals surface area (Å²) in [5, 5.41) is 3.34. The normalized spacial score (nSPS) is 15.9. The molecule has 0 fully saturated rings. The first-order chi connectivity index (χ1) is 10.1. The van der Waals surface area contributed by atoms with Gasteiger partial charge in [0.1, 0.15) is 0 Å². The van der Waals surface area contributed by atoms with Gasteiger partial charge in [-0.05, 0) is 29.8 Å². The van der Waals surface area contributed by atoms with Gasteiger partial charge in [-0.25, -0.2) is 0 Å². The predicted octanol–water partition coefficient (Wildman–Crippen LogP) is 3.86. The second-order valence-corrected chi connectivity index (χ2v) is 6.57. The Kier molecular flexibility index (Phi) is 4.03. The molecular weight excluding hydrogens is 348 g/mol. The molecule has 3 nitrogen and oxygen atoms in total. The predicted molar refractivity (Wildman–Crippen MR) is 91.0 cm³/mol. The van der Waals surface area contributed by atoms with Crippen LogP contribution in [-0.4, -0.2) is 11.7 Å². The Bertz CT molecular complexity index is 725. The molecule has 1 aliphatic heterocycles. The van der Waals surface area contributed by atoms with Gasteiger partial charge in [-0.1, -0.05) is 40.2 Å². The fraction of sp³-hybridized carbons (Fsp3) is 0.0625.